The van der Waals surface area contributed by atoms with Crippen molar-refractivity contribution in [1.82, 2.24) is 0 Å². The zero-order chi connectivity index (χ0) is 39.8. The Labute approximate surface area is 286 Å². The van der Waals surface area contributed by atoms with Gasteiger partial charge in [-0.3, -0.25) is 4.79 Å². The van der Waals surface area contributed by atoms with Crippen LogP contribution >= 0.6 is 0 Å². The summed E-state index contributed by atoms with van der Waals surface area (Å²) in [6.07, 6.45) is 8.77. The summed E-state index contributed by atoms with van der Waals surface area (Å²) in [5, 5.41) is 0. The Bertz CT molecular complexity index is 981. The predicted octanol–water partition coefficient (Wildman–Crippen LogP) is 13.8. The van der Waals surface area contributed by atoms with E-state index in [9.17, 15) is 79.4 Å². The fourth-order valence-electron chi connectivity index (χ4n) is 5.07. The molecule has 19 heteroatoms. The molecule has 0 aromatic heterocycles. The van der Waals surface area contributed by atoms with E-state index in [0.29, 0.717) is 12.8 Å². The monoisotopic (exact) mass is 786 g/mol. The van der Waals surface area contributed by atoms with Crippen LogP contribution in [0.4, 0.5) is 74.6 Å². The molecule has 0 spiro atoms. The lowest BCUT2D eigenvalue weighted by molar-refractivity contribution is -0.461. The molecule has 0 heterocycles. The van der Waals surface area contributed by atoms with Crippen LogP contribution in [0, 0.1) is 0 Å². The summed E-state index contributed by atoms with van der Waals surface area (Å²) in [7, 11) is 0. The number of hydrogen-bond acceptors (Lipinski definition) is 2. The average Bonchev–Trinajstić information content (AvgIpc) is 3.00. The molecule has 0 rings (SSSR count). The number of esters is 1. The molecule has 2 nitrogen and oxygen atoms in total. The molecule has 0 N–H and O–H groups in total. The molecule has 0 aliphatic heterocycles. The van der Waals surface area contributed by atoms with Crippen molar-refractivity contribution in [3.8, 4) is 0 Å². The van der Waals surface area contributed by atoms with Crippen LogP contribution in [0.1, 0.15) is 142 Å². The zero-order valence-corrected chi connectivity index (χ0v) is 28.3. The minimum atomic E-state index is -8.67. The second-order valence-corrected chi connectivity index (χ2v) is 12.7. The first-order chi connectivity index (χ1) is 23.2. The standard InChI is InChI=1S/C32H47F17O2/c1-2-3-4-5-6-7-8-9-10-11-12-13-14-15-16-17-18-19-20-21-24(50)51-23-22-25(33,34)26(35,36)27(37,38)28(39,40)29(41,42)30(43,44)31(45,46)32(47,48)49/h2-23H2,1H3. The largest absolute Gasteiger partial charge is 0.465 e. The maximum Gasteiger partial charge on any atom is 0.460 e. The highest BCUT2D eigenvalue weighted by Gasteiger charge is 2.95. The molecule has 0 amide bonds. The zero-order valence-electron chi connectivity index (χ0n) is 28.3. The third-order valence-electron chi connectivity index (χ3n) is 8.45. The van der Waals surface area contributed by atoms with Gasteiger partial charge in [-0.1, -0.05) is 122 Å². The van der Waals surface area contributed by atoms with Crippen LogP contribution in [0.2, 0.25) is 0 Å². The number of carbonyl (C=O) groups is 1. The summed E-state index contributed by atoms with van der Waals surface area (Å²) < 4.78 is 230. The SMILES string of the molecule is CCCCCCCCCCCCCCCCCCCCCC(=O)OCCC(F)(F)C(F)(F)C(F)(F)C(F)(F)C(F)(F)C(F)(F)C(F)(F)C(F)(F)F. The highest BCUT2D eigenvalue weighted by Crippen LogP contribution is 2.64. The van der Waals surface area contributed by atoms with Gasteiger partial charge in [-0.2, -0.15) is 74.6 Å². The van der Waals surface area contributed by atoms with Crippen molar-refractivity contribution in [2.75, 3.05) is 6.61 Å². The van der Waals surface area contributed by atoms with Crippen molar-refractivity contribution in [1.29, 1.82) is 0 Å². The van der Waals surface area contributed by atoms with Gasteiger partial charge in [-0.05, 0) is 6.42 Å². The second-order valence-electron chi connectivity index (χ2n) is 12.7. The first-order valence-electron chi connectivity index (χ1n) is 17.1. The van der Waals surface area contributed by atoms with E-state index in [1.165, 1.54) is 64.2 Å². The highest BCUT2D eigenvalue weighted by atomic mass is 19.4. The van der Waals surface area contributed by atoms with Crippen molar-refractivity contribution in [2.24, 2.45) is 0 Å². The van der Waals surface area contributed by atoms with Crippen molar-refractivity contribution in [2.45, 2.75) is 189 Å². The summed E-state index contributed by atoms with van der Waals surface area (Å²) >= 11 is 0. The van der Waals surface area contributed by atoms with Crippen molar-refractivity contribution >= 4 is 5.97 Å². The summed E-state index contributed by atoms with van der Waals surface area (Å²) in [5.41, 5.74) is 0. The molecule has 306 valence electrons. The average molecular weight is 787 g/mol. The summed E-state index contributed by atoms with van der Waals surface area (Å²) in [4.78, 5) is 11.7. The summed E-state index contributed by atoms with van der Waals surface area (Å²) in [5.74, 6) is -58.0. The van der Waals surface area contributed by atoms with E-state index < -0.39 is 73.1 Å². The molecule has 0 radical (unpaired) electrons. The Balaban J connectivity index is 4.54. The lowest BCUT2D eigenvalue weighted by atomic mass is 9.88. The van der Waals surface area contributed by atoms with Crippen LogP contribution in [0.3, 0.4) is 0 Å². The molecular formula is C32H47F17O2. The molecule has 0 fully saturated rings. The normalized spacial score (nSPS) is 14.3. The number of rotatable bonds is 29. The first kappa shape index (κ1) is 49.3. The Hall–Kier alpha value is -1.72. The topological polar surface area (TPSA) is 26.3 Å². The van der Waals surface area contributed by atoms with Gasteiger partial charge in [0, 0.05) is 6.42 Å². The lowest BCUT2D eigenvalue weighted by Crippen LogP contribution is -2.74. The molecule has 0 aliphatic carbocycles. The Kier molecular flexibility index (Phi) is 20.0. The smallest absolute Gasteiger partial charge is 0.460 e. The molecule has 0 bridgehead atoms. The molecule has 0 aromatic rings. The minimum Gasteiger partial charge on any atom is -0.465 e. The third-order valence-corrected chi connectivity index (χ3v) is 8.45. The molecule has 0 aromatic carbocycles. The molecule has 0 saturated heterocycles. The molecular weight excluding hydrogens is 739 g/mol. The summed E-state index contributed by atoms with van der Waals surface area (Å²) in [6.45, 7) is 0.284. The maximum atomic E-state index is 13.9. The molecule has 0 unspecified atom stereocenters. The number of unbranched alkanes of at least 4 members (excludes halogenated alkanes) is 18. The Morgan fingerprint density at radius 2 is 0.667 bits per heavy atom. The van der Waals surface area contributed by atoms with Gasteiger partial charge in [0.2, 0.25) is 0 Å². The fourth-order valence-corrected chi connectivity index (χ4v) is 5.07. The molecule has 0 saturated carbocycles. The van der Waals surface area contributed by atoms with Crippen LogP contribution in [0.15, 0.2) is 0 Å². The molecule has 0 aliphatic rings. The number of hydrogen-bond donors (Lipinski definition) is 0. The van der Waals surface area contributed by atoms with Gasteiger partial charge >= 0.3 is 53.6 Å². The van der Waals surface area contributed by atoms with Gasteiger partial charge in [-0.25, -0.2) is 0 Å². The van der Waals surface area contributed by atoms with E-state index in [1.54, 1.807) is 0 Å². The Morgan fingerprint density at radius 1 is 0.392 bits per heavy atom. The highest BCUT2D eigenvalue weighted by molar-refractivity contribution is 5.69. The van der Waals surface area contributed by atoms with Crippen molar-refractivity contribution in [3.63, 3.8) is 0 Å². The number of halogens is 17. The van der Waals surface area contributed by atoms with Crippen LogP contribution in [0.25, 0.3) is 0 Å². The van der Waals surface area contributed by atoms with Gasteiger partial charge in [0.1, 0.15) is 0 Å². The lowest BCUT2D eigenvalue weighted by Gasteiger charge is -2.42. The molecule has 51 heavy (non-hydrogen) atoms. The van der Waals surface area contributed by atoms with Gasteiger partial charge in [-0.15, -0.1) is 0 Å². The van der Waals surface area contributed by atoms with Gasteiger partial charge in [0.15, 0.2) is 0 Å². The predicted molar refractivity (Wildman–Crippen MR) is 154 cm³/mol. The van der Waals surface area contributed by atoms with Crippen molar-refractivity contribution < 1.29 is 84.2 Å². The van der Waals surface area contributed by atoms with Gasteiger partial charge in [0.25, 0.3) is 0 Å². The van der Waals surface area contributed by atoms with Gasteiger partial charge in [0.05, 0.1) is 13.0 Å². The van der Waals surface area contributed by atoms with Crippen molar-refractivity contribution in [3.05, 3.63) is 0 Å². The van der Waals surface area contributed by atoms with Crippen LogP contribution in [0.5, 0.6) is 0 Å². The third kappa shape index (κ3) is 13.0. The van der Waals surface area contributed by atoms with Crippen LogP contribution in [-0.2, 0) is 9.53 Å². The Morgan fingerprint density at radius 3 is 0.980 bits per heavy atom. The van der Waals surface area contributed by atoms with E-state index in [2.05, 4.69) is 11.7 Å². The maximum absolute atomic E-state index is 13.9. The van der Waals surface area contributed by atoms with E-state index in [4.69, 9.17) is 0 Å². The van der Waals surface area contributed by atoms with E-state index >= 15 is 0 Å². The number of ether oxygens (including phenoxy) is 1. The van der Waals surface area contributed by atoms with Gasteiger partial charge < -0.3 is 4.74 Å². The summed E-state index contributed by atoms with van der Waals surface area (Å²) in [6, 6.07) is 0. The van der Waals surface area contributed by atoms with E-state index in [-0.39, 0.29) is 6.42 Å². The quantitative estimate of drug-likeness (QED) is 0.0429. The van der Waals surface area contributed by atoms with E-state index in [0.717, 1.165) is 38.5 Å². The first-order valence-corrected chi connectivity index (χ1v) is 17.1. The number of carbonyl (C=O) groups excluding carboxylic acids is 1. The molecule has 0 atom stereocenters. The second kappa shape index (κ2) is 20.7. The fraction of sp³-hybridized carbons (Fsp3) is 0.969. The van der Waals surface area contributed by atoms with Crippen LogP contribution < -0.4 is 0 Å². The van der Waals surface area contributed by atoms with Crippen LogP contribution in [-0.4, -0.2) is 60.2 Å². The number of alkyl halides is 17. The van der Waals surface area contributed by atoms with E-state index in [1.807, 2.05) is 0 Å². The minimum absolute atomic E-state index is 0.111.